The Morgan fingerprint density at radius 2 is 2.05 bits per heavy atom. The Balaban J connectivity index is 2.05. The van der Waals surface area contributed by atoms with E-state index in [2.05, 4.69) is 10.6 Å². The first kappa shape index (κ1) is 16.8. The van der Waals surface area contributed by atoms with E-state index in [1.807, 2.05) is 13.8 Å². The number of hydrogen-bond donors (Lipinski definition) is 3. The molecular formula is C14H26N2O4. The van der Waals surface area contributed by atoms with E-state index >= 15 is 0 Å². The van der Waals surface area contributed by atoms with Gasteiger partial charge in [0.05, 0.1) is 0 Å². The molecule has 0 radical (unpaired) electrons. The van der Waals surface area contributed by atoms with Crippen LogP contribution >= 0.6 is 0 Å². The number of carboxylic acids is 1. The van der Waals surface area contributed by atoms with Gasteiger partial charge in [0.15, 0.2) is 0 Å². The van der Waals surface area contributed by atoms with Crippen LogP contribution in [0.5, 0.6) is 0 Å². The molecule has 20 heavy (non-hydrogen) atoms. The summed E-state index contributed by atoms with van der Waals surface area (Å²) in [5.41, 5.74) is 0. The zero-order valence-corrected chi connectivity index (χ0v) is 12.4. The first-order valence-corrected chi connectivity index (χ1v) is 7.34. The number of nitrogens with one attached hydrogen (secondary N) is 2. The predicted octanol–water partition coefficient (Wildman–Crippen LogP) is 1.60. The largest absolute Gasteiger partial charge is 0.480 e. The molecule has 0 heterocycles. The molecule has 1 aliphatic carbocycles. The molecule has 0 bridgehead atoms. The molecule has 0 aromatic carbocycles. The highest BCUT2D eigenvalue weighted by molar-refractivity contribution is 5.82. The first-order chi connectivity index (χ1) is 9.49. The van der Waals surface area contributed by atoms with Gasteiger partial charge < -0.3 is 20.5 Å². The zero-order valence-electron chi connectivity index (χ0n) is 12.4. The van der Waals surface area contributed by atoms with Gasteiger partial charge in [-0.15, -0.1) is 0 Å². The lowest BCUT2D eigenvalue weighted by Gasteiger charge is -2.16. The lowest BCUT2D eigenvalue weighted by molar-refractivity contribution is -0.139. The van der Waals surface area contributed by atoms with E-state index in [0.717, 1.165) is 18.9 Å². The molecule has 0 aromatic heterocycles. The van der Waals surface area contributed by atoms with Crippen LogP contribution in [0.25, 0.3) is 0 Å². The minimum absolute atomic E-state index is 0.215. The molecule has 1 saturated carbocycles. The standard InChI is InChI=1S/C14H26N2O4/c1-10(2)8-12(13(17)18)16-14(19)15-6-3-7-20-9-11-4-5-11/h10-12H,3-9H2,1-2H3,(H,17,18)(H2,15,16,19). The average Bonchev–Trinajstić information content (AvgIpc) is 3.16. The first-order valence-electron chi connectivity index (χ1n) is 7.34. The van der Waals surface area contributed by atoms with E-state index in [0.29, 0.717) is 19.6 Å². The van der Waals surface area contributed by atoms with Crippen LogP contribution < -0.4 is 10.6 Å². The molecule has 1 aliphatic rings. The lowest BCUT2D eigenvalue weighted by Crippen LogP contribution is -2.46. The van der Waals surface area contributed by atoms with Gasteiger partial charge in [0, 0.05) is 19.8 Å². The SMILES string of the molecule is CC(C)CC(NC(=O)NCCCOCC1CC1)C(=O)O. The second-order valence-electron chi connectivity index (χ2n) is 5.79. The molecule has 0 aliphatic heterocycles. The van der Waals surface area contributed by atoms with Crippen LogP contribution in [-0.4, -0.2) is 42.9 Å². The molecule has 1 atom stereocenters. The second kappa shape index (κ2) is 8.79. The van der Waals surface area contributed by atoms with Crippen LogP contribution in [0, 0.1) is 11.8 Å². The van der Waals surface area contributed by atoms with Crippen molar-refractivity contribution < 1.29 is 19.4 Å². The molecule has 116 valence electrons. The van der Waals surface area contributed by atoms with Crippen molar-refractivity contribution in [2.45, 2.75) is 45.6 Å². The van der Waals surface area contributed by atoms with E-state index in [1.165, 1.54) is 12.8 Å². The van der Waals surface area contributed by atoms with Gasteiger partial charge in [0.1, 0.15) is 6.04 Å². The van der Waals surface area contributed by atoms with Crippen molar-refractivity contribution in [3.63, 3.8) is 0 Å². The minimum Gasteiger partial charge on any atom is -0.480 e. The molecule has 1 unspecified atom stereocenters. The highest BCUT2D eigenvalue weighted by Crippen LogP contribution is 2.28. The Hall–Kier alpha value is -1.30. The van der Waals surface area contributed by atoms with Crippen LogP contribution in [0.4, 0.5) is 4.79 Å². The monoisotopic (exact) mass is 286 g/mol. The highest BCUT2D eigenvalue weighted by atomic mass is 16.5. The summed E-state index contributed by atoms with van der Waals surface area (Å²) in [7, 11) is 0. The number of carbonyl (C=O) groups is 2. The summed E-state index contributed by atoms with van der Waals surface area (Å²) in [6.45, 7) is 5.79. The van der Waals surface area contributed by atoms with Gasteiger partial charge in [0.25, 0.3) is 0 Å². The molecular weight excluding hydrogens is 260 g/mol. The fourth-order valence-corrected chi connectivity index (χ4v) is 1.81. The number of amides is 2. The minimum atomic E-state index is -0.999. The number of aliphatic carboxylic acids is 1. The van der Waals surface area contributed by atoms with Gasteiger partial charge in [-0.05, 0) is 37.5 Å². The third-order valence-corrected chi connectivity index (χ3v) is 3.11. The van der Waals surface area contributed by atoms with Crippen LogP contribution in [0.1, 0.15) is 39.5 Å². The van der Waals surface area contributed by atoms with Gasteiger partial charge in [-0.2, -0.15) is 0 Å². The Morgan fingerprint density at radius 3 is 2.60 bits per heavy atom. The predicted molar refractivity (Wildman–Crippen MR) is 75.6 cm³/mol. The molecule has 0 spiro atoms. The topological polar surface area (TPSA) is 87.7 Å². The quantitative estimate of drug-likeness (QED) is 0.532. The van der Waals surface area contributed by atoms with Crippen molar-refractivity contribution in [3.05, 3.63) is 0 Å². The summed E-state index contributed by atoms with van der Waals surface area (Å²) < 4.78 is 5.45. The summed E-state index contributed by atoms with van der Waals surface area (Å²) in [5, 5.41) is 14.1. The fraction of sp³-hybridized carbons (Fsp3) is 0.857. The van der Waals surface area contributed by atoms with Gasteiger partial charge in [-0.3, -0.25) is 0 Å². The normalized spacial score (nSPS) is 15.9. The summed E-state index contributed by atoms with van der Waals surface area (Å²) in [6.07, 6.45) is 3.70. The van der Waals surface area contributed by atoms with Crippen molar-refractivity contribution in [3.8, 4) is 0 Å². The number of hydrogen-bond acceptors (Lipinski definition) is 3. The maximum Gasteiger partial charge on any atom is 0.326 e. The molecule has 0 aromatic rings. The molecule has 0 saturated heterocycles. The maximum absolute atomic E-state index is 11.6. The van der Waals surface area contributed by atoms with Crippen LogP contribution in [-0.2, 0) is 9.53 Å². The van der Waals surface area contributed by atoms with Crippen LogP contribution in [0.2, 0.25) is 0 Å². The zero-order chi connectivity index (χ0) is 15.0. The molecule has 1 rings (SSSR count). The van der Waals surface area contributed by atoms with Gasteiger partial charge in [-0.25, -0.2) is 9.59 Å². The lowest BCUT2D eigenvalue weighted by atomic mass is 10.0. The number of urea groups is 1. The third kappa shape index (κ3) is 7.99. The Morgan fingerprint density at radius 1 is 1.35 bits per heavy atom. The van der Waals surface area contributed by atoms with E-state index in [9.17, 15) is 9.59 Å². The van der Waals surface area contributed by atoms with Crippen molar-refractivity contribution in [2.24, 2.45) is 11.8 Å². The average molecular weight is 286 g/mol. The molecule has 6 heteroatoms. The van der Waals surface area contributed by atoms with Crippen LogP contribution in [0.15, 0.2) is 0 Å². The smallest absolute Gasteiger partial charge is 0.326 e. The summed E-state index contributed by atoms with van der Waals surface area (Å²) in [4.78, 5) is 22.6. The number of ether oxygens (including phenoxy) is 1. The molecule has 3 N–H and O–H groups in total. The molecule has 6 nitrogen and oxygen atoms in total. The van der Waals surface area contributed by atoms with E-state index < -0.39 is 18.0 Å². The van der Waals surface area contributed by atoms with E-state index in [-0.39, 0.29) is 5.92 Å². The number of rotatable bonds is 10. The van der Waals surface area contributed by atoms with Gasteiger partial charge in [-0.1, -0.05) is 13.8 Å². The number of carboxylic acid groups (broad SMARTS) is 1. The second-order valence-corrected chi connectivity index (χ2v) is 5.79. The molecule has 1 fully saturated rings. The fourth-order valence-electron chi connectivity index (χ4n) is 1.81. The van der Waals surface area contributed by atoms with Crippen molar-refractivity contribution in [1.82, 2.24) is 10.6 Å². The van der Waals surface area contributed by atoms with Crippen LogP contribution in [0.3, 0.4) is 0 Å². The van der Waals surface area contributed by atoms with Crippen molar-refractivity contribution in [2.75, 3.05) is 19.8 Å². The van der Waals surface area contributed by atoms with Gasteiger partial charge in [0.2, 0.25) is 0 Å². The van der Waals surface area contributed by atoms with E-state index in [4.69, 9.17) is 9.84 Å². The summed E-state index contributed by atoms with van der Waals surface area (Å²) >= 11 is 0. The highest BCUT2D eigenvalue weighted by Gasteiger charge is 2.21. The maximum atomic E-state index is 11.6. The van der Waals surface area contributed by atoms with Crippen molar-refractivity contribution >= 4 is 12.0 Å². The van der Waals surface area contributed by atoms with Gasteiger partial charge >= 0.3 is 12.0 Å². The number of carbonyl (C=O) groups excluding carboxylic acids is 1. The Bertz CT molecular complexity index is 316. The molecule has 2 amide bonds. The van der Waals surface area contributed by atoms with E-state index in [1.54, 1.807) is 0 Å². The summed E-state index contributed by atoms with van der Waals surface area (Å²) in [6, 6.07) is -1.26. The Kier molecular flexibility index (Phi) is 7.36. The van der Waals surface area contributed by atoms with Crippen molar-refractivity contribution in [1.29, 1.82) is 0 Å². The summed E-state index contributed by atoms with van der Waals surface area (Å²) in [5.74, 6) is -0.0348. The Labute approximate surface area is 120 Å². The third-order valence-electron chi connectivity index (χ3n) is 3.11.